The van der Waals surface area contributed by atoms with E-state index in [1.165, 1.54) is 9.47 Å². The van der Waals surface area contributed by atoms with Gasteiger partial charge in [-0.2, -0.15) is 0 Å². The number of nitrogens with one attached hydrogen (secondary N) is 2. The Kier molecular flexibility index (Phi) is 9.19. The smallest absolute Gasteiger partial charge is 0.330 e. The zero-order valence-electron chi connectivity index (χ0n) is 20.9. The zero-order chi connectivity index (χ0) is 25.6. The Hall–Kier alpha value is -3.40. The van der Waals surface area contributed by atoms with Crippen molar-refractivity contribution in [2.45, 2.75) is 54.0 Å². The summed E-state index contributed by atoms with van der Waals surface area (Å²) in [6.07, 6.45) is 1.54. The zero-order valence-corrected chi connectivity index (χ0v) is 20.9. The molecule has 0 radical (unpaired) electrons. The first-order valence-corrected chi connectivity index (χ1v) is 11.5. The van der Waals surface area contributed by atoms with Crippen molar-refractivity contribution >= 4 is 29.0 Å². The minimum absolute atomic E-state index is 0.0160. The SMILES string of the molecule is CCCCn1c(N)c(N(CC)C(=O)CN(C)CC(=O)Nc2c(C)cc(C)cc2C)c(=O)[nH]c1=O. The van der Waals surface area contributed by atoms with Crippen LogP contribution in [0.4, 0.5) is 17.2 Å². The number of H-pyrrole nitrogens is 1. The summed E-state index contributed by atoms with van der Waals surface area (Å²) < 4.78 is 1.28. The lowest BCUT2D eigenvalue weighted by Crippen LogP contribution is -2.45. The molecule has 4 N–H and O–H groups in total. The fourth-order valence-corrected chi connectivity index (χ4v) is 4.01. The Labute approximate surface area is 199 Å². The third kappa shape index (κ3) is 6.34. The summed E-state index contributed by atoms with van der Waals surface area (Å²) in [5, 5.41) is 2.92. The van der Waals surface area contributed by atoms with Gasteiger partial charge >= 0.3 is 5.69 Å². The number of benzene rings is 1. The first kappa shape index (κ1) is 26.8. The molecule has 0 aliphatic carbocycles. The monoisotopic (exact) mass is 472 g/mol. The molecule has 0 atom stereocenters. The van der Waals surface area contributed by atoms with Gasteiger partial charge in [0.25, 0.3) is 5.56 Å². The first-order chi connectivity index (χ1) is 16.0. The van der Waals surface area contributed by atoms with Gasteiger partial charge in [-0.1, -0.05) is 31.0 Å². The molecule has 0 fully saturated rings. The Balaban J connectivity index is 2.15. The average Bonchev–Trinajstić information content (AvgIpc) is 2.73. The van der Waals surface area contributed by atoms with E-state index >= 15 is 0 Å². The average molecular weight is 473 g/mol. The van der Waals surface area contributed by atoms with Gasteiger partial charge in [0.2, 0.25) is 11.8 Å². The summed E-state index contributed by atoms with van der Waals surface area (Å²) in [6, 6.07) is 3.99. The maximum Gasteiger partial charge on any atom is 0.330 e. The second-order valence-corrected chi connectivity index (χ2v) is 8.63. The molecule has 2 aromatic rings. The van der Waals surface area contributed by atoms with Crippen LogP contribution >= 0.6 is 0 Å². The molecule has 10 heteroatoms. The van der Waals surface area contributed by atoms with Gasteiger partial charge in [0.05, 0.1) is 13.1 Å². The molecule has 0 bridgehead atoms. The third-order valence-electron chi connectivity index (χ3n) is 5.60. The highest BCUT2D eigenvalue weighted by Gasteiger charge is 2.24. The van der Waals surface area contributed by atoms with E-state index in [0.29, 0.717) is 13.0 Å². The van der Waals surface area contributed by atoms with Crippen molar-refractivity contribution in [1.29, 1.82) is 0 Å². The van der Waals surface area contributed by atoms with Crippen molar-refractivity contribution in [3.8, 4) is 0 Å². The van der Waals surface area contributed by atoms with E-state index in [9.17, 15) is 19.2 Å². The van der Waals surface area contributed by atoms with Crippen molar-refractivity contribution in [1.82, 2.24) is 14.5 Å². The summed E-state index contributed by atoms with van der Waals surface area (Å²) >= 11 is 0. The highest BCUT2D eigenvalue weighted by atomic mass is 16.2. The topological polar surface area (TPSA) is 134 Å². The predicted molar refractivity (Wildman–Crippen MR) is 135 cm³/mol. The van der Waals surface area contributed by atoms with E-state index < -0.39 is 17.2 Å². The van der Waals surface area contributed by atoms with E-state index in [1.54, 1.807) is 18.9 Å². The van der Waals surface area contributed by atoms with E-state index in [0.717, 1.165) is 28.8 Å². The van der Waals surface area contributed by atoms with Crippen molar-refractivity contribution in [3.63, 3.8) is 0 Å². The number of amides is 2. The van der Waals surface area contributed by atoms with Crippen LogP contribution in [-0.2, 0) is 16.1 Å². The minimum Gasteiger partial charge on any atom is -0.383 e. The Morgan fingerprint density at radius 1 is 1.09 bits per heavy atom. The van der Waals surface area contributed by atoms with Crippen LogP contribution in [0.1, 0.15) is 43.4 Å². The second kappa shape index (κ2) is 11.6. The number of likely N-dealkylation sites (N-methyl/N-ethyl adjacent to an activating group) is 2. The van der Waals surface area contributed by atoms with Gasteiger partial charge in [-0.05, 0) is 52.3 Å². The van der Waals surface area contributed by atoms with Crippen molar-refractivity contribution < 1.29 is 9.59 Å². The van der Waals surface area contributed by atoms with Crippen LogP contribution in [-0.4, -0.2) is 52.9 Å². The van der Waals surface area contributed by atoms with Crippen molar-refractivity contribution in [2.75, 3.05) is 42.6 Å². The van der Waals surface area contributed by atoms with Gasteiger partial charge < -0.3 is 16.0 Å². The minimum atomic E-state index is -0.712. The van der Waals surface area contributed by atoms with E-state index in [4.69, 9.17) is 5.73 Å². The van der Waals surface area contributed by atoms with Gasteiger partial charge in [0.1, 0.15) is 5.82 Å². The quantitative estimate of drug-likeness (QED) is 0.483. The largest absolute Gasteiger partial charge is 0.383 e. The van der Waals surface area contributed by atoms with E-state index in [1.807, 2.05) is 39.8 Å². The standard InChI is InChI=1S/C24H36N6O4/c1-7-9-10-30-22(25)21(23(33)27-24(30)34)29(8-2)19(32)14-28(6)13-18(31)26-20-16(4)11-15(3)12-17(20)5/h11-12H,7-10,13-14,25H2,1-6H3,(H,26,31)(H,27,33,34). The van der Waals surface area contributed by atoms with Gasteiger partial charge in [-0.3, -0.25) is 28.8 Å². The second-order valence-electron chi connectivity index (χ2n) is 8.63. The summed E-state index contributed by atoms with van der Waals surface area (Å²) in [5.74, 6) is -0.694. The third-order valence-corrected chi connectivity index (χ3v) is 5.60. The molecular formula is C24H36N6O4. The molecule has 1 heterocycles. The molecule has 2 amide bonds. The Morgan fingerprint density at radius 3 is 2.26 bits per heavy atom. The number of rotatable bonds is 10. The predicted octanol–water partition coefficient (Wildman–Crippen LogP) is 1.77. The highest BCUT2D eigenvalue weighted by molar-refractivity contribution is 5.98. The molecule has 1 aromatic carbocycles. The molecule has 0 unspecified atom stereocenters. The summed E-state index contributed by atoms with van der Waals surface area (Å²) in [5.41, 5.74) is 8.60. The number of carbonyl (C=O) groups is 2. The summed E-state index contributed by atoms with van der Waals surface area (Å²) in [6.45, 7) is 9.95. The number of hydrogen-bond acceptors (Lipinski definition) is 6. The van der Waals surface area contributed by atoms with Crippen LogP contribution in [0.25, 0.3) is 0 Å². The highest BCUT2D eigenvalue weighted by Crippen LogP contribution is 2.22. The van der Waals surface area contributed by atoms with E-state index in [2.05, 4.69) is 10.3 Å². The molecule has 0 aliphatic rings. The molecular weight excluding hydrogens is 436 g/mol. The maximum atomic E-state index is 13.0. The number of hydrogen-bond donors (Lipinski definition) is 3. The molecule has 34 heavy (non-hydrogen) atoms. The van der Waals surface area contributed by atoms with Crippen LogP contribution in [0.5, 0.6) is 0 Å². The fraction of sp³-hybridized carbons (Fsp3) is 0.500. The molecule has 1 aromatic heterocycles. The maximum absolute atomic E-state index is 13.0. The van der Waals surface area contributed by atoms with Gasteiger partial charge in [-0.15, -0.1) is 0 Å². The number of aromatic nitrogens is 2. The number of anilines is 3. The van der Waals surface area contributed by atoms with Gasteiger partial charge in [-0.25, -0.2) is 4.79 Å². The number of nitrogen functional groups attached to an aromatic ring is 1. The van der Waals surface area contributed by atoms with Crippen LogP contribution in [0.3, 0.4) is 0 Å². The van der Waals surface area contributed by atoms with Crippen LogP contribution in [0, 0.1) is 20.8 Å². The lowest BCUT2D eigenvalue weighted by atomic mass is 10.1. The molecule has 0 saturated carbocycles. The molecule has 2 rings (SSSR count). The lowest BCUT2D eigenvalue weighted by molar-refractivity contribution is -0.121. The number of nitrogens with two attached hydrogens (primary N) is 1. The fourth-order valence-electron chi connectivity index (χ4n) is 4.01. The molecule has 0 aliphatic heterocycles. The number of nitrogens with zero attached hydrogens (tertiary/aromatic N) is 3. The van der Waals surface area contributed by atoms with Crippen LogP contribution in [0.2, 0.25) is 0 Å². The van der Waals surface area contributed by atoms with Crippen molar-refractivity contribution in [2.24, 2.45) is 0 Å². The number of carbonyl (C=O) groups excluding carboxylic acids is 2. The van der Waals surface area contributed by atoms with Gasteiger partial charge in [0, 0.05) is 18.8 Å². The van der Waals surface area contributed by atoms with Crippen LogP contribution < -0.4 is 27.2 Å². The number of aromatic amines is 1. The first-order valence-electron chi connectivity index (χ1n) is 11.5. The van der Waals surface area contributed by atoms with Crippen LogP contribution in [0.15, 0.2) is 21.7 Å². The lowest BCUT2D eigenvalue weighted by Gasteiger charge is -2.25. The molecule has 0 saturated heterocycles. The number of aryl methyl sites for hydroxylation is 3. The number of unbranched alkanes of at least 4 members (excludes halogenated alkanes) is 1. The molecule has 0 spiro atoms. The van der Waals surface area contributed by atoms with Crippen molar-refractivity contribution in [3.05, 3.63) is 49.7 Å². The Morgan fingerprint density at radius 2 is 1.71 bits per heavy atom. The molecule has 186 valence electrons. The van der Waals surface area contributed by atoms with E-state index in [-0.39, 0.29) is 37.0 Å². The Bertz CT molecular complexity index is 1140. The molecule has 10 nitrogen and oxygen atoms in total. The normalized spacial score (nSPS) is 11.0. The van der Waals surface area contributed by atoms with Gasteiger partial charge in [0.15, 0.2) is 5.69 Å². The summed E-state index contributed by atoms with van der Waals surface area (Å²) in [4.78, 5) is 55.4. The summed E-state index contributed by atoms with van der Waals surface area (Å²) in [7, 11) is 1.65.